The van der Waals surface area contributed by atoms with Gasteiger partial charge in [-0.15, -0.1) is 0 Å². The van der Waals surface area contributed by atoms with Crippen LogP contribution in [0.4, 0.5) is 11.5 Å². The van der Waals surface area contributed by atoms with Crippen LogP contribution in [0, 0.1) is 6.92 Å². The third-order valence-electron chi connectivity index (χ3n) is 3.48. The third kappa shape index (κ3) is 4.34. The first-order valence-corrected chi connectivity index (χ1v) is 8.31. The zero-order chi connectivity index (χ0) is 16.9. The second kappa shape index (κ2) is 7.47. The van der Waals surface area contributed by atoms with Gasteiger partial charge in [-0.2, -0.15) is 5.10 Å². The Morgan fingerprint density at radius 1 is 1.08 bits per heavy atom. The van der Waals surface area contributed by atoms with Gasteiger partial charge < -0.3 is 10.6 Å². The SMILES string of the molecule is Cc1cc(NC(=S)Nc2cccc(Cl)c2)nn1Cc1ccccc1. The van der Waals surface area contributed by atoms with Crippen LogP contribution in [0.15, 0.2) is 60.7 Å². The number of thiocarbonyl (C=S) groups is 1. The number of anilines is 2. The molecule has 0 saturated carbocycles. The lowest BCUT2D eigenvalue weighted by atomic mass is 10.2. The Balaban J connectivity index is 1.65. The van der Waals surface area contributed by atoms with E-state index >= 15 is 0 Å². The van der Waals surface area contributed by atoms with E-state index in [1.54, 1.807) is 0 Å². The summed E-state index contributed by atoms with van der Waals surface area (Å²) in [5.41, 5.74) is 3.10. The molecule has 0 fully saturated rings. The molecule has 0 aliphatic rings. The molecule has 24 heavy (non-hydrogen) atoms. The van der Waals surface area contributed by atoms with E-state index < -0.39 is 0 Å². The molecule has 0 aliphatic carbocycles. The molecule has 2 N–H and O–H groups in total. The second-order valence-corrected chi connectivity index (χ2v) is 6.25. The Kier molecular flexibility index (Phi) is 5.13. The number of aromatic nitrogens is 2. The van der Waals surface area contributed by atoms with E-state index in [1.165, 1.54) is 5.56 Å². The van der Waals surface area contributed by atoms with Crippen LogP contribution in [0.3, 0.4) is 0 Å². The first-order valence-electron chi connectivity index (χ1n) is 7.52. The fourth-order valence-corrected chi connectivity index (χ4v) is 2.75. The molecule has 122 valence electrons. The summed E-state index contributed by atoms with van der Waals surface area (Å²) >= 11 is 11.3. The highest BCUT2D eigenvalue weighted by atomic mass is 35.5. The topological polar surface area (TPSA) is 41.9 Å². The van der Waals surface area contributed by atoms with Gasteiger partial charge in [-0.25, -0.2) is 0 Å². The molecule has 6 heteroatoms. The zero-order valence-corrected chi connectivity index (χ0v) is 14.7. The van der Waals surface area contributed by atoms with Crippen molar-refractivity contribution < 1.29 is 0 Å². The summed E-state index contributed by atoms with van der Waals surface area (Å²) < 4.78 is 1.94. The third-order valence-corrected chi connectivity index (χ3v) is 3.92. The Morgan fingerprint density at radius 2 is 1.88 bits per heavy atom. The van der Waals surface area contributed by atoms with Crippen LogP contribution in [0.2, 0.25) is 5.02 Å². The minimum Gasteiger partial charge on any atom is -0.332 e. The van der Waals surface area contributed by atoms with Gasteiger partial charge in [-0.05, 0) is 42.9 Å². The predicted molar refractivity (Wildman–Crippen MR) is 104 cm³/mol. The first-order chi connectivity index (χ1) is 11.6. The number of hydrogen-bond acceptors (Lipinski definition) is 2. The summed E-state index contributed by atoms with van der Waals surface area (Å²) in [6.07, 6.45) is 0. The number of hydrogen-bond donors (Lipinski definition) is 2. The molecule has 1 heterocycles. The minimum atomic E-state index is 0.474. The van der Waals surface area contributed by atoms with Crippen molar-refractivity contribution in [1.82, 2.24) is 9.78 Å². The van der Waals surface area contributed by atoms with Crippen LogP contribution < -0.4 is 10.6 Å². The zero-order valence-electron chi connectivity index (χ0n) is 13.2. The van der Waals surface area contributed by atoms with E-state index in [2.05, 4.69) is 27.9 Å². The van der Waals surface area contributed by atoms with Crippen molar-refractivity contribution in [3.05, 3.63) is 76.9 Å². The van der Waals surface area contributed by atoms with Crippen molar-refractivity contribution in [1.29, 1.82) is 0 Å². The summed E-state index contributed by atoms with van der Waals surface area (Å²) in [6, 6.07) is 19.6. The van der Waals surface area contributed by atoms with Crippen molar-refractivity contribution in [2.45, 2.75) is 13.5 Å². The summed E-state index contributed by atoms with van der Waals surface area (Å²) in [5.74, 6) is 0.711. The van der Waals surface area contributed by atoms with Crippen LogP contribution in [-0.4, -0.2) is 14.9 Å². The van der Waals surface area contributed by atoms with Crippen molar-refractivity contribution >= 4 is 40.4 Å². The molecule has 0 aliphatic heterocycles. The van der Waals surface area contributed by atoms with E-state index in [0.717, 1.165) is 17.9 Å². The monoisotopic (exact) mass is 356 g/mol. The molecule has 3 rings (SSSR count). The number of nitrogens with one attached hydrogen (secondary N) is 2. The maximum atomic E-state index is 5.97. The van der Waals surface area contributed by atoms with Gasteiger partial charge in [0.2, 0.25) is 0 Å². The summed E-state index contributed by atoms with van der Waals surface area (Å²) in [6.45, 7) is 2.75. The molecule has 0 unspecified atom stereocenters. The quantitative estimate of drug-likeness (QED) is 0.665. The van der Waals surface area contributed by atoms with E-state index in [0.29, 0.717) is 16.0 Å². The van der Waals surface area contributed by atoms with Gasteiger partial charge in [0.1, 0.15) is 0 Å². The minimum absolute atomic E-state index is 0.474. The summed E-state index contributed by atoms with van der Waals surface area (Å²) in [4.78, 5) is 0. The highest BCUT2D eigenvalue weighted by Crippen LogP contribution is 2.16. The van der Waals surface area contributed by atoms with Crippen LogP contribution in [0.1, 0.15) is 11.3 Å². The fraction of sp³-hybridized carbons (Fsp3) is 0.111. The van der Waals surface area contributed by atoms with Gasteiger partial charge in [0.15, 0.2) is 10.9 Å². The van der Waals surface area contributed by atoms with Gasteiger partial charge in [0, 0.05) is 22.5 Å². The Morgan fingerprint density at radius 3 is 2.62 bits per heavy atom. The maximum absolute atomic E-state index is 5.97. The van der Waals surface area contributed by atoms with E-state index in [-0.39, 0.29) is 0 Å². The number of nitrogens with zero attached hydrogens (tertiary/aromatic N) is 2. The average Bonchev–Trinajstić information content (AvgIpc) is 2.87. The molecular weight excluding hydrogens is 340 g/mol. The number of halogens is 1. The van der Waals surface area contributed by atoms with Crippen LogP contribution in [0.5, 0.6) is 0 Å². The van der Waals surface area contributed by atoms with Gasteiger partial charge >= 0.3 is 0 Å². The largest absolute Gasteiger partial charge is 0.332 e. The van der Waals surface area contributed by atoms with Crippen molar-refractivity contribution in [2.24, 2.45) is 0 Å². The normalized spacial score (nSPS) is 10.4. The molecule has 3 aromatic rings. The molecule has 0 bridgehead atoms. The summed E-state index contributed by atoms with van der Waals surface area (Å²) in [5, 5.41) is 11.9. The Bertz CT molecular complexity index is 845. The van der Waals surface area contributed by atoms with E-state index in [9.17, 15) is 0 Å². The number of aryl methyl sites for hydroxylation is 1. The molecule has 0 amide bonds. The van der Waals surface area contributed by atoms with Crippen LogP contribution in [-0.2, 0) is 6.54 Å². The summed E-state index contributed by atoms with van der Waals surface area (Å²) in [7, 11) is 0. The van der Waals surface area contributed by atoms with Crippen LogP contribution >= 0.6 is 23.8 Å². The Labute approximate surface area is 151 Å². The second-order valence-electron chi connectivity index (χ2n) is 5.40. The molecule has 0 atom stereocenters. The fourth-order valence-electron chi connectivity index (χ4n) is 2.33. The first kappa shape index (κ1) is 16.5. The molecule has 0 saturated heterocycles. The van der Waals surface area contributed by atoms with E-state index in [1.807, 2.05) is 60.1 Å². The lowest BCUT2D eigenvalue weighted by Gasteiger charge is -2.08. The molecule has 0 spiro atoms. The lowest BCUT2D eigenvalue weighted by molar-refractivity contribution is 0.668. The van der Waals surface area contributed by atoms with Gasteiger partial charge in [-0.3, -0.25) is 4.68 Å². The van der Waals surface area contributed by atoms with Crippen LogP contribution in [0.25, 0.3) is 0 Å². The maximum Gasteiger partial charge on any atom is 0.176 e. The van der Waals surface area contributed by atoms with E-state index in [4.69, 9.17) is 23.8 Å². The lowest BCUT2D eigenvalue weighted by Crippen LogP contribution is -2.19. The highest BCUT2D eigenvalue weighted by molar-refractivity contribution is 7.80. The average molecular weight is 357 g/mol. The predicted octanol–water partition coefficient (Wildman–Crippen LogP) is 4.70. The number of benzene rings is 2. The molecule has 2 aromatic carbocycles. The van der Waals surface area contributed by atoms with Gasteiger partial charge in [-0.1, -0.05) is 48.0 Å². The standard InChI is InChI=1S/C18H17ClN4S/c1-13-10-17(22-23(13)12-14-6-3-2-4-7-14)21-18(24)20-16-9-5-8-15(19)11-16/h2-11H,12H2,1H3,(H2,20,21,22,24). The van der Waals surface area contributed by atoms with Gasteiger partial charge in [0.05, 0.1) is 6.54 Å². The molecule has 4 nitrogen and oxygen atoms in total. The van der Waals surface area contributed by atoms with Crippen molar-refractivity contribution in [2.75, 3.05) is 10.6 Å². The highest BCUT2D eigenvalue weighted by Gasteiger charge is 2.07. The molecule has 0 radical (unpaired) electrons. The van der Waals surface area contributed by atoms with Gasteiger partial charge in [0.25, 0.3) is 0 Å². The van der Waals surface area contributed by atoms with Crippen molar-refractivity contribution in [3.63, 3.8) is 0 Å². The molecular formula is C18H17ClN4S. The smallest absolute Gasteiger partial charge is 0.176 e. The Hall–Kier alpha value is -2.37. The number of rotatable bonds is 4. The molecule has 1 aromatic heterocycles. The van der Waals surface area contributed by atoms with Crippen molar-refractivity contribution in [3.8, 4) is 0 Å².